The monoisotopic (exact) mass is 245 g/mol. The fourth-order valence-electron chi connectivity index (χ4n) is 1.74. The van der Waals surface area contributed by atoms with Gasteiger partial charge in [-0.05, 0) is 30.3 Å². The summed E-state index contributed by atoms with van der Waals surface area (Å²) < 4.78 is 5.69. The summed E-state index contributed by atoms with van der Waals surface area (Å²) in [5.74, 6) is 0.945. The third-order valence-electron chi connectivity index (χ3n) is 2.54. The second-order valence-corrected chi connectivity index (χ2v) is 4.13. The Hall–Kier alpha value is -2.00. The number of nitrogens with one attached hydrogen (secondary N) is 1. The zero-order chi connectivity index (χ0) is 11.8. The summed E-state index contributed by atoms with van der Waals surface area (Å²) in [4.78, 5) is 11.9. The smallest absolute Gasteiger partial charge is 0.259 e. The van der Waals surface area contributed by atoms with Crippen LogP contribution in [-0.2, 0) is 0 Å². The number of ether oxygens (including phenoxy) is 1. The Kier molecular flexibility index (Phi) is 2.27. The van der Waals surface area contributed by atoms with Crippen molar-refractivity contribution in [1.82, 2.24) is 0 Å². The summed E-state index contributed by atoms with van der Waals surface area (Å²) in [6.07, 6.45) is 0. The van der Waals surface area contributed by atoms with E-state index in [-0.39, 0.29) is 5.91 Å². The molecule has 2 aromatic rings. The van der Waals surface area contributed by atoms with Gasteiger partial charge in [-0.25, -0.2) is 0 Å². The van der Waals surface area contributed by atoms with E-state index in [2.05, 4.69) is 5.32 Å². The molecule has 0 aliphatic carbocycles. The number of amides is 1. The summed E-state index contributed by atoms with van der Waals surface area (Å²) in [6, 6.07) is 12.2. The molecule has 0 spiro atoms. The van der Waals surface area contributed by atoms with Gasteiger partial charge in [0.2, 0.25) is 0 Å². The van der Waals surface area contributed by atoms with Gasteiger partial charge in [-0.2, -0.15) is 0 Å². The number of carbonyl (C=O) groups excluding carboxylic acids is 1. The Bertz CT molecular complexity index is 610. The van der Waals surface area contributed by atoms with Crippen molar-refractivity contribution in [2.45, 2.75) is 0 Å². The van der Waals surface area contributed by atoms with Gasteiger partial charge in [-0.15, -0.1) is 0 Å². The van der Waals surface area contributed by atoms with E-state index in [1.54, 1.807) is 36.4 Å². The Labute approximate surface area is 103 Å². The van der Waals surface area contributed by atoms with Crippen LogP contribution in [0.4, 0.5) is 5.69 Å². The lowest BCUT2D eigenvalue weighted by molar-refractivity contribution is 0.102. The van der Waals surface area contributed by atoms with Crippen LogP contribution in [0.3, 0.4) is 0 Å². The maximum Gasteiger partial charge on any atom is 0.259 e. The van der Waals surface area contributed by atoms with Crippen LogP contribution in [0.5, 0.6) is 11.5 Å². The lowest BCUT2D eigenvalue weighted by atomic mass is 10.2. The minimum absolute atomic E-state index is 0.193. The van der Waals surface area contributed by atoms with E-state index in [1.165, 1.54) is 0 Å². The fraction of sp³-hybridized carbons (Fsp3) is 0. The normalized spacial score (nSPS) is 12.9. The first kappa shape index (κ1) is 10.2. The second kappa shape index (κ2) is 3.79. The number of anilines is 1. The average molecular weight is 246 g/mol. The Morgan fingerprint density at radius 3 is 2.76 bits per heavy atom. The molecule has 0 atom stereocenters. The highest BCUT2D eigenvalue weighted by Gasteiger charge is 2.19. The molecule has 17 heavy (non-hydrogen) atoms. The van der Waals surface area contributed by atoms with Crippen molar-refractivity contribution >= 4 is 23.2 Å². The first-order valence-electron chi connectivity index (χ1n) is 5.12. The Morgan fingerprint density at radius 1 is 1.06 bits per heavy atom. The molecule has 1 amide bonds. The third-order valence-corrected chi connectivity index (χ3v) is 2.78. The molecule has 1 aliphatic rings. The van der Waals surface area contributed by atoms with Gasteiger partial charge in [-0.1, -0.05) is 23.7 Å². The lowest BCUT2D eigenvalue weighted by Gasteiger charge is -2.07. The van der Waals surface area contributed by atoms with Crippen LogP contribution in [0.25, 0.3) is 0 Å². The van der Waals surface area contributed by atoms with Crippen LogP contribution in [0.1, 0.15) is 10.4 Å². The van der Waals surface area contributed by atoms with Gasteiger partial charge in [0.05, 0.1) is 11.3 Å². The van der Waals surface area contributed by atoms with Gasteiger partial charge in [0.15, 0.2) is 5.75 Å². The molecule has 84 valence electrons. The maximum atomic E-state index is 11.9. The van der Waals surface area contributed by atoms with Gasteiger partial charge >= 0.3 is 0 Å². The van der Waals surface area contributed by atoms with Gasteiger partial charge in [0.25, 0.3) is 5.91 Å². The van der Waals surface area contributed by atoms with Gasteiger partial charge in [-0.3, -0.25) is 4.79 Å². The number of hydrogen-bond donors (Lipinski definition) is 1. The van der Waals surface area contributed by atoms with Crippen LogP contribution >= 0.6 is 11.6 Å². The summed E-state index contributed by atoms with van der Waals surface area (Å²) in [7, 11) is 0. The molecule has 1 aliphatic heterocycles. The van der Waals surface area contributed by atoms with E-state index in [4.69, 9.17) is 16.3 Å². The van der Waals surface area contributed by atoms with E-state index >= 15 is 0 Å². The molecule has 2 aromatic carbocycles. The Balaban J connectivity index is 2.17. The average Bonchev–Trinajstić information content (AvgIpc) is 2.46. The summed E-state index contributed by atoms with van der Waals surface area (Å²) in [5, 5.41) is 3.33. The molecule has 0 bridgehead atoms. The largest absolute Gasteiger partial charge is 0.454 e. The first-order valence-corrected chi connectivity index (χ1v) is 5.49. The van der Waals surface area contributed by atoms with Crippen LogP contribution in [-0.4, -0.2) is 5.91 Å². The SMILES string of the molecule is O=C1Nc2cc(Cl)ccc2Oc2ccccc21. The zero-order valence-electron chi connectivity index (χ0n) is 8.74. The quantitative estimate of drug-likeness (QED) is 0.769. The highest BCUT2D eigenvalue weighted by Crippen LogP contribution is 2.36. The van der Waals surface area contributed by atoms with Crippen molar-refractivity contribution in [3.63, 3.8) is 0 Å². The van der Waals surface area contributed by atoms with Crippen LogP contribution in [0.15, 0.2) is 42.5 Å². The number of fused-ring (bicyclic) bond motifs is 2. The van der Waals surface area contributed by atoms with Gasteiger partial charge < -0.3 is 10.1 Å². The summed E-state index contributed by atoms with van der Waals surface area (Å²) >= 11 is 5.88. The van der Waals surface area contributed by atoms with Crippen LogP contribution < -0.4 is 10.1 Å². The van der Waals surface area contributed by atoms with Crippen molar-refractivity contribution in [3.8, 4) is 11.5 Å². The molecule has 0 radical (unpaired) electrons. The topological polar surface area (TPSA) is 38.3 Å². The lowest BCUT2D eigenvalue weighted by Crippen LogP contribution is -2.10. The van der Waals surface area contributed by atoms with E-state index < -0.39 is 0 Å². The highest BCUT2D eigenvalue weighted by molar-refractivity contribution is 6.31. The number of para-hydroxylation sites is 1. The molecule has 0 saturated heterocycles. The maximum absolute atomic E-state index is 11.9. The molecular formula is C13H8ClNO2. The second-order valence-electron chi connectivity index (χ2n) is 3.69. The predicted octanol–water partition coefficient (Wildman–Crippen LogP) is 3.70. The molecule has 0 aromatic heterocycles. The molecule has 0 saturated carbocycles. The molecule has 1 heterocycles. The Morgan fingerprint density at radius 2 is 1.88 bits per heavy atom. The third kappa shape index (κ3) is 1.74. The van der Waals surface area contributed by atoms with Gasteiger partial charge in [0, 0.05) is 5.02 Å². The highest BCUT2D eigenvalue weighted by atomic mass is 35.5. The molecule has 4 heteroatoms. The predicted molar refractivity (Wildman–Crippen MR) is 65.9 cm³/mol. The number of halogens is 1. The zero-order valence-corrected chi connectivity index (χ0v) is 9.49. The van der Waals surface area contributed by atoms with Crippen molar-refractivity contribution in [2.75, 3.05) is 5.32 Å². The number of rotatable bonds is 0. The molecule has 3 nitrogen and oxygen atoms in total. The van der Waals surface area contributed by atoms with E-state index in [0.717, 1.165) is 0 Å². The molecule has 3 rings (SSSR count). The minimum Gasteiger partial charge on any atom is -0.454 e. The number of carbonyl (C=O) groups is 1. The number of hydrogen-bond acceptors (Lipinski definition) is 2. The number of benzene rings is 2. The standard InChI is InChI=1S/C13H8ClNO2/c14-8-5-6-12-10(7-8)15-13(16)9-3-1-2-4-11(9)17-12/h1-7H,(H,15,16). The molecule has 1 N–H and O–H groups in total. The fourth-order valence-corrected chi connectivity index (χ4v) is 1.91. The molecule has 0 unspecified atom stereocenters. The first-order chi connectivity index (χ1) is 8.24. The van der Waals surface area contributed by atoms with Crippen LogP contribution in [0.2, 0.25) is 5.02 Å². The van der Waals surface area contributed by atoms with Crippen molar-refractivity contribution < 1.29 is 9.53 Å². The summed E-state index contributed by atoms with van der Waals surface area (Å²) in [5.41, 5.74) is 1.10. The molecular weight excluding hydrogens is 238 g/mol. The van der Waals surface area contributed by atoms with Crippen LogP contribution in [0, 0.1) is 0 Å². The van der Waals surface area contributed by atoms with Gasteiger partial charge in [0.1, 0.15) is 5.75 Å². The summed E-state index contributed by atoms with van der Waals surface area (Å²) in [6.45, 7) is 0. The van der Waals surface area contributed by atoms with Crippen molar-refractivity contribution in [2.24, 2.45) is 0 Å². The minimum atomic E-state index is -0.193. The van der Waals surface area contributed by atoms with E-state index in [9.17, 15) is 4.79 Å². The van der Waals surface area contributed by atoms with Crippen molar-refractivity contribution in [1.29, 1.82) is 0 Å². The molecule has 0 fully saturated rings. The van der Waals surface area contributed by atoms with E-state index in [1.807, 2.05) is 6.07 Å². The van der Waals surface area contributed by atoms with E-state index in [0.29, 0.717) is 27.8 Å². The van der Waals surface area contributed by atoms with Crippen molar-refractivity contribution in [3.05, 3.63) is 53.1 Å².